The van der Waals surface area contributed by atoms with Gasteiger partial charge in [0.1, 0.15) is 11.7 Å². The van der Waals surface area contributed by atoms with E-state index in [1.807, 2.05) is 13.0 Å². The van der Waals surface area contributed by atoms with Crippen LogP contribution in [0.4, 0.5) is 0 Å². The quantitative estimate of drug-likeness (QED) is 0.625. The molecule has 128 valence electrons. The number of halogens is 1. The summed E-state index contributed by atoms with van der Waals surface area (Å²) >= 11 is 6.53. The van der Waals surface area contributed by atoms with Crippen LogP contribution < -0.4 is 9.47 Å². The van der Waals surface area contributed by atoms with Crippen LogP contribution in [0.3, 0.4) is 0 Å². The molecule has 4 aliphatic rings. The highest BCUT2D eigenvalue weighted by Crippen LogP contribution is 2.66. The van der Waals surface area contributed by atoms with Gasteiger partial charge >= 0.3 is 0 Å². The Hall–Kier alpha value is -1.23. The molecule has 24 heavy (non-hydrogen) atoms. The van der Waals surface area contributed by atoms with E-state index in [9.17, 15) is 5.11 Å². The predicted octanol–water partition coefficient (Wildman–Crippen LogP) is 2.25. The van der Waals surface area contributed by atoms with Crippen LogP contribution in [-0.4, -0.2) is 53.8 Å². The van der Waals surface area contributed by atoms with Crippen molar-refractivity contribution in [1.82, 2.24) is 4.90 Å². The number of piperidine rings is 1. The highest BCUT2D eigenvalue weighted by Gasteiger charge is 2.70. The average molecular weight is 348 g/mol. The third-order valence-corrected chi connectivity index (χ3v) is 7.22. The number of nitrogens with zero attached hydrogens (tertiary/aromatic N) is 1. The molecule has 1 N–H and O–H groups in total. The van der Waals surface area contributed by atoms with Crippen molar-refractivity contribution < 1.29 is 14.6 Å². The van der Waals surface area contributed by atoms with Crippen molar-refractivity contribution in [3.8, 4) is 11.5 Å². The number of rotatable bonds is 1. The summed E-state index contributed by atoms with van der Waals surface area (Å²) in [6, 6.07) is 4.47. The molecule has 2 bridgehead atoms. The van der Waals surface area contributed by atoms with Gasteiger partial charge in [0.25, 0.3) is 0 Å². The molecule has 1 aromatic carbocycles. The van der Waals surface area contributed by atoms with E-state index in [1.165, 1.54) is 16.7 Å². The monoisotopic (exact) mass is 347 g/mol. The van der Waals surface area contributed by atoms with Crippen molar-refractivity contribution in [1.29, 1.82) is 0 Å². The van der Waals surface area contributed by atoms with Crippen molar-refractivity contribution in [2.75, 3.05) is 20.7 Å². The third kappa shape index (κ3) is 1.41. The molecule has 0 aromatic heterocycles. The number of ether oxygens (including phenoxy) is 2. The lowest BCUT2D eigenvalue weighted by atomic mass is 9.51. The molecule has 5 rings (SSSR count). The normalized spacial score (nSPS) is 42.2. The fraction of sp³-hybridized carbons (Fsp3) is 0.579. The van der Waals surface area contributed by atoms with Gasteiger partial charge in [-0.1, -0.05) is 12.1 Å². The zero-order valence-electron chi connectivity index (χ0n) is 14.2. The first-order chi connectivity index (χ1) is 11.4. The van der Waals surface area contributed by atoms with Crippen LogP contribution in [0, 0.1) is 0 Å². The molecule has 0 amide bonds. The van der Waals surface area contributed by atoms with Gasteiger partial charge in [0, 0.05) is 11.6 Å². The van der Waals surface area contributed by atoms with Gasteiger partial charge < -0.3 is 14.6 Å². The highest BCUT2D eigenvalue weighted by atomic mass is 35.5. The molecule has 1 saturated heterocycles. The Balaban J connectivity index is 1.89. The van der Waals surface area contributed by atoms with Crippen LogP contribution in [-0.2, 0) is 11.8 Å². The summed E-state index contributed by atoms with van der Waals surface area (Å²) in [6.07, 6.45) is 3.22. The minimum Gasteiger partial charge on any atom is -0.493 e. The molecule has 0 saturated carbocycles. The van der Waals surface area contributed by atoms with Crippen molar-refractivity contribution in [3.05, 3.63) is 34.9 Å². The van der Waals surface area contributed by atoms with Gasteiger partial charge in [-0.25, -0.2) is 0 Å². The standard InChI is InChI=1S/C19H22ClNO3/c1-18-17(22)12(20)9-11-13-8-10-4-5-14(23-3)16(24-18)15(10)19(11,18)6-7-21(13)2/h4-5,9,12-13,17,22H,6-8H2,1-3H3/t12-,13-,17-,18-,19+/m1/s1. The van der Waals surface area contributed by atoms with E-state index in [1.54, 1.807) is 7.11 Å². The first-order valence-corrected chi connectivity index (χ1v) is 9.01. The smallest absolute Gasteiger partial charge is 0.166 e. The Morgan fingerprint density at radius 2 is 2.21 bits per heavy atom. The van der Waals surface area contributed by atoms with E-state index in [0.717, 1.165) is 30.9 Å². The minimum atomic E-state index is -0.755. The van der Waals surface area contributed by atoms with Crippen LogP contribution >= 0.6 is 11.6 Å². The summed E-state index contributed by atoms with van der Waals surface area (Å²) in [5, 5.41) is 10.6. The third-order valence-electron chi connectivity index (χ3n) is 6.86. The SMILES string of the molecule is COc1ccc2c3c1O[C@]1(C)[C@H](O)[C@H](Cl)C=C4[C@@H](C2)N(C)CC[C@]431. The Morgan fingerprint density at radius 3 is 2.96 bits per heavy atom. The van der Waals surface area contributed by atoms with E-state index < -0.39 is 17.1 Å². The molecular formula is C19H22ClNO3. The Labute approximate surface area is 147 Å². The largest absolute Gasteiger partial charge is 0.493 e. The van der Waals surface area contributed by atoms with Crippen molar-refractivity contribution in [2.45, 2.75) is 48.3 Å². The van der Waals surface area contributed by atoms with Crippen molar-refractivity contribution in [3.63, 3.8) is 0 Å². The molecule has 5 atom stereocenters. The number of benzene rings is 1. The molecule has 2 aliphatic carbocycles. The molecule has 1 fully saturated rings. The number of alkyl halides is 1. The second-order valence-corrected chi connectivity index (χ2v) is 8.21. The van der Waals surface area contributed by atoms with Crippen molar-refractivity contribution in [2.24, 2.45) is 0 Å². The van der Waals surface area contributed by atoms with Gasteiger partial charge in [-0.15, -0.1) is 11.6 Å². The molecule has 0 unspecified atom stereocenters. The molecule has 4 nitrogen and oxygen atoms in total. The first-order valence-electron chi connectivity index (χ1n) is 8.58. The van der Waals surface area contributed by atoms with Crippen LogP contribution in [0.15, 0.2) is 23.8 Å². The number of aliphatic hydroxyl groups is 1. The van der Waals surface area contributed by atoms with Gasteiger partial charge in [-0.2, -0.15) is 0 Å². The van der Waals surface area contributed by atoms with Crippen molar-refractivity contribution >= 4 is 11.6 Å². The number of aliphatic hydroxyl groups excluding tert-OH is 1. The van der Waals surface area contributed by atoms with E-state index in [4.69, 9.17) is 21.1 Å². The van der Waals surface area contributed by atoms with Crippen LogP contribution in [0.5, 0.6) is 11.5 Å². The lowest BCUT2D eigenvalue weighted by Crippen LogP contribution is -2.69. The molecule has 2 heterocycles. The minimum absolute atomic E-state index is 0.299. The maximum Gasteiger partial charge on any atom is 0.166 e. The number of methoxy groups -OCH3 is 1. The summed E-state index contributed by atoms with van der Waals surface area (Å²) in [5.41, 5.74) is 2.80. The summed E-state index contributed by atoms with van der Waals surface area (Å²) in [7, 11) is 3.84. The second kappa shape index (κ2) is 4.48. The predicted molar refractivity (Wildman–Crippen MR) is 92.2 cm³/mol. The van der Waals surface area contributed by atoms with E-state index in [-0.39, 0.29) is 5.41 Å². The van der Waals surface area contributed by atoms with Gasteiger partial charge in [0.2, 0.25) is 0 Å². The van der Waals surface area contributed by atoms with Crippen LogP contribution in [0.25, 0.3) is 0 Å². The first kappa shape index (κ1) is 15.1. The second-order valence-electron chi connectivity index (χ2n) is 7.71. The molecule has 2 aliphatic heterocycles. The molecule has 0 radical (unpaired) electrons. The maximum absolute atomic E-state index is 11.0. The Kier molecular flexibility index (Phi) is 2.81. The summed E-state index contributed by atoms with van der Waals surface area (Å²) in [4.78, 5) is 2.41. The highest BCUT2D eigenvalue weighted by molar-refractivity contribution is 6.22. The molecular weight excluding hydrogens is 326 g/mol. The summed E-state index contributed by atoms with van der Waals surface area (Å²) in [6.45, 7) is 3.01. The zero-order valence-corrected chi connectivity index (χ0v) is 14.9. The van der Waals surface area contributed by atoms with Gasteiger partial charge in [-0.05, 0) is 50.6 Å². The topological polar surface area (TPSA) is 41.9 Å². The van der Waals surface area contributed by atoms with Crippen LogP contribution in [0.1, 0.15) is 24.5 Å². The average Bonchev–Trinajstić information content (AvgIpc) is 2.84. The lowest BCUT2D eigenvalue weighted by Gasteiger charge is -2.58. The number of hydrogen-bond donors (Lipinski definition) is 1. The number of likely N-dealkylation sites (tertiary alicyclic amines) is 1. The van der Waals surface area contributed by atoms with Gasteiger partial charge in [0.15, 0.2) is 11.5 Å². The zero-order chi connectivity index (χ0) is 16.9. The number of likely N-dealkylation sites (N-methyl/N-ethyl adjacent to an activating group) is 1. The fourth-order valence-electron chi connectivity index (χ4n) is 5.63. The fourth-order valence-corrected chi connectivity index (χ4v) is 6.00. The van der Waals surface area contributed by atoms with Crippen LogP contribution in [0.2, 0.25) is 0 Å². The van der Waals surface area contributed by atoms with Gasteiger partial charge in [-0.3, -0.25) is 4.90 Å². The summed E-state index contributed by atoms with van der Waals surface area (Å²) in [5.74, 6) is 1.55. The van der Waals surface area contributed by atoms with E-state index in [0.29, 0.717) is 6.04 Å². The Bertz CT molecular complexity index is 778. The molecule has 1 spiro atoms. The number of hydrogen-bond acceptors (Lipinski definition) is 4. The molecule has 5 heteroatoms. The van der Waals surface area contributed by atoms with E-state index in [2.05, 4.69) is 24.1 Å². The van der Waals surface area contributed by atoms with Gasteiger partial charge in [0.05, 0.1) is 17.9 Å². The maximum atomic E-state index is 11.0. The van der Waals surface area contributed by atoms with E-state index >= 15 is 0 Å². The summed E-state index contributed by atoms with van der Waals surface area (Å²) < 4.78 is 12.1. The molecule has 1 aromatic rings. The Morgan fingerprint density at radius 1 is 1.42 bits per heavy atom. The lowest BCUT2D eigenvalue weighted by molar-refractivity contribution is -0.0853.